The molecule has 2 N–H and O–H groups in total. The highest BCUT2D eigenvalue weighted by atomic mass is 32.2. The molecule has 1 heterocycles. The van der Waals surface area contributed by atoms with E-state index in [0.717, 1.165) is 17.7 Å². The number of alkyl halides is 3. The maximum atomic E-state index is 12.4. The Bertz CT molecular complexity index is 461. The van der Waals surface area contributed by atoms with Crippen LogP contribution in [-0.2, 0) is 15.7 Å². The molecule has 0 spiro atoms. The fourth-order valence-corrected chi connectivity index (χ4v) is 3.21. The minimum absolute atomic E-state index is 0.0635. The van der Waals surface area contributed by atoms with Gasteiger partial charge in [0.05, 0.1) is 18.4 Å². The van der Waals surface area contributed by atoms with Gasteiger partial charge in [-0.2, -0.15) is 13.2 Å². The molecule has 1 saturated heterocycles. The van der Waals surface area contributed by atoms with Crippen LogP contribution in [0.5, 0.6) is 0 Å². The van der Waals surface area contributed by atoms with Gasteiger partial charge in [-0.05, 0) is 12.1 Å². The highest BCUT2D eigenvalue weighted by molar-refractivity contribution is 7.99. The van der Waals surface area contributed by atoms with E-state index in [1.54, 1.807) is 0 Å². The van der Waals surface area contributed by atoms with Gasteiger partial charge in [-0.15, -0.1) is 0 Å². The van der Waals surface area contributed by atoms with Gasteiger partial charge in [0, 0.05) is 5.56 Å². The number of quaternary nitrogens is 1. The number of thioether (sulfide) groups is 1. The lowest BCUT2D eigenvalue weighted by molar-refractivity contribution is -0.685. The number of nitrogens with two attached hydrogens (primary N) is 1. The van der Waals surface area contributed by atoms with Crippen molar-refractivity contribution in [2.24, 2.45) is 0 Å². The van der Waals surface area contributed by atoms with Crippen LogP contribution in [0.4, 0.5) is 13.2 Å². The highest BCUT2D eigenvalue weighted by Crippen LogP contribution is 2.32. The average molecular weight is 292 g/mol. The molecule has 0 radical (unpaired) electrons. The largest absolute Gasteiger partial charge is 0.465 e. The molecule has 104 valence electrons. The summed E-state index contributed by atoms with van der Waals surface area (Å²) in [5.74, 6) is 0.292. The van der Waals surface area contributed by atoms with E-state index < -0.39 is 11.7 Å². The van der Waals surface area contributed by atoms with Crippen molar-refractivity contribution in [2.45, 2.75) is 17.6 Å². The molecule has 0 aliphatic carbocycles. The molecule has 2 rings (SSSR count). The number of hydrogen-bond acceptors (Lipinski definition) is 3. The molecule has 19 heavy (non-hydrogen) atoms. The number of carbonyl (C=O) groups is 1. The molecular weight excluding hydrogens is 279 g/mol. The van der Waals surface area contributed by atoms with Crippen LogP contribution in [0.15, 0.2) is 24.3 Å². The van der Waals surface area contributed by atoms with E-state index in [-0.39, 0.29) is 17.4 Å². The summed E-state index contributed by atoms with van der Waals surface area (Å²) in [6.07, 6.45) is -4.32. The van der Waals surface area contributed by atoms with Crippen molar-refractivity contribution in [1.82, 2.24) is 0 Å². The van der Waals surface area contributed by atoms with Crippen LogP contribution in [-0.4, -0.2) is 24.9 Å². The summed E-state index contributed by atoms with van der Waals surface area (Å²) in [5, 5.41) is 1.76. The number of benzene rings is 1. The third-order valence-electron chi connectivity index (χ3n) is 2.93. The maximum Gasteiger partial charge on any atom is 0.416 e. The first-order valence-corrected chi connectivity index (χ1v) is 6.68. The molecule has 0 saturated carbocycles. The van der Waals surface area contributed by atoms with Crippen LogP contribution >= 0.6 is 11.8 Å². The Hall–Kier alpha value is -1.21. The van der Waals surface area contributed by atoms with Crippen molar-refractivity contribution in [1.29, 1.82) is 0 Å². The molecule has 1 aromatic carbocycles. The third-order valence-corrected chi connectivity index (χ3v) is 4.27. The standard InChI is InChI=1S/C12H12F3NO2S/c1-18-11(17)9-6-19-10(16-9)7-2-4-8(5-3-7)12(13,14)15/h2-5,9-10,16H,6H2,1H3/p+1/t9-,10+/m1/s1. The van der Waals surface area contributed by atoms with Gasteiger partial charge in [-0.25, -0.2) is 4.79 Å². The average Bonchev–Trinajstić information content (AvgIpc) is 2.86. The summed E-state index contributed by atoms with van der Waals surface area (Å²) in [6, 6.07) is 4.75. The van der Waals surface area contributed by atoms with Crippen molar-refractivity contribution >= 4 is 17.7 Å². The van der Waals surface area contributed by atoms with E-state index in [2.05, 4.69) is 4.74 Å². The number of methoxy groups -OCH3 is 1. The fourth-order valence-electron chi connectivity index (χ4n) is 1.90. The molecule has 0 amide bonds. The van der Waals surface area contributed by atoms with Crippen LogP contribution in [0.3, 0.4) is 0 Å². The van der Waals surface area contributed by atoms with Crippen molar-refractivity contribution in [2.75, 3.05) is 12.9 Å². The second-order valence-electron chi connectivity index (χ2n) is 4.20. The summed E-state index contributed by atoms with van der Waals surface area (Å²) in [7, 11) is 1.33. The Balaban J connectivity index is 2.06. The smallest absolute Gasteiger partial charge is 0.416 e. The monoisotopic (exact) mass is 292 g/mol. The molecule has 1 aliphatic rings. The van der Waals surface area contributed by atoms with E-state index in [0.29, 0.717) is 5.75 Å². The Morgan fingerprint density at radius 1 is 1.37 bits per heavy atom. The quantitative estimate of drug-likeness (QED) is 0.841. The first-order chi connectivity index (χ1) is 8.91. The van der Waals surface area contributed by atoms with Gasteiger partial charge in [0.15, 0.2) is 11.4 Å². The first kappa shape index (κ1) is 14.2. The van der Waals surface area contributed by atoms with Crippen molar-refractivity contribution in [3.8, 4) is 0 Å². The molecular formula is C12H13F3NO2S+. The van der Waals surface area contributed by atoms with Crippen molar-refractivity contribution < 1.29 is 28.0 Å². The maximum absolute atomic E-state index is 12.4. The highest BCUT2D eigenvalue weighted by Gasteiger charge is 2.36. The van der Waals surface area contributed by atoms with E-state index in [1.165, 1.54) is 31.0 Å². The minimum atomic E-state index is -4.32. The van der Waals surface area contributed by atoms with E-state index in [4.69, 9.17) is 0 Å². The Morgan fingerprint density at radius 2 is 2.00 bits per heavy atom. The van der Waals surface area contributed by atoms with Crippen LogP contribution in [0, 0.1) is 0 Å². The van der Waals surface area contributed by atoms with Gasteiger partial charge in [0.2, 0.25) is 0 Å². The van der Waals surface area contributed by atoms with Crippen molar-refractivity contribution in [3.63, 3.8) is 0 Å². The molecule has 3 nitrogen and oxygen atoms in total. The lowest BCUT2D eigenvalue weighted by Crippen LogP contribution is -2.89. The topological polar surface area (TPSA) is 42.9 Å². The van der Waals surface area contributed by atoms with Gasteiger partial charge in [-0.3, -0.25) is 0 Å². The van der Waals surface area contributed by atoms with Crippen LogP contribution in [0.1, 0.15) is 16.5 Å². The number of hydrogen-bond donors (Lipinski definition) is 1. The number of rotatable bonds is 2. The summed E-state index contributed by atoms with van der Waals surface area (Å²) < 4.78 is 42.0. The molecule has 7 heteroatoms. The van der Waals surface area contributed by atoms with Crippen LogP contribution in [0.2, 0.25) is 0 Å². The van der Waals surface area contributed by atoms with E-state index in [1.807, 2.05) is 5.32 Å². The lowest BCUT2D eigenvalue weighted by atomic mass is 10.1. The minimum Gasteiger partial charge on any atom is -0.465 e. The Labute approximate surface area is 112 Å². The van der Waals surface area contributed by atoms with E-state index in [9.17, 15) is 18.0 Å². The van der Waals surface area contributed by atoms with Gasteiger partial charge >= 0.3 is 12.1 Å². The normalized spacial score (nSPS) is 23.4. The summed E-state index contributed by atoms with van der Waals surface area (Å²) in [6.45, 7) is 0. The summed E-state index contributed by atoms with van der Waals surface area (Å²) >= 11 is 1.52. The number of esters is 1. The SMILES string of the molecule is COC(=O)[C@H]1CS[C@@H](c2ccc(C(F)(F)F)cc2)[NH2+]1. The zero-order valence-electron chi connectivity index (χ0n) is 10.1. The molecule has 0 aromatic heterocycles. The van der Waals surface area contributed by atoms with E-state index >= 15 is 0 Å². The van der Waals surface area contributed by atoms with Gasteiger partial charge < -0.3 is 10.1 Å². The predicted molar refractivity (Wildman–Crippen MR) is 64.4 cm³/mol. The first-order valence-electron chi connectivity index (χ1n) is 5.63. The predicted octanol–water partition coefficient (Wildman–Crippen LogP) is 1.56. The van der Waals surface area contributed by atoms with Crippen LogP contribution in [0.25, 0.3) is 0 Å². The summed E-state index contributed by atoms with van der Waals surface area (Å²) in [5.41, 5.74) is 0.105. The van der Waals surface area contributed by atoms with Gasteiger partial charge in [0.25, 0.3) is 0 Å². The molecule has 1 fully saturated rings. The fraction of sp³-hybridized carbons (Fsp3) is 0.417. The van der Waals surface area contributed by atoms with Gasteiger partial charge in [0.1, 0.15) is 0 Å². The lowest BCUT2D eigenvalue weighted by Gasteiger charge is -2.11. The zero-order valence-corrected chi connectivity index (χ0v) is 10.9. The molecule has 0 unspecified atom stereocenters. The number of ether oxygens (including phenoxy) is 1. The molecule has 1 aromatic rings. The Morgan fingerprint density at radius 3 is 2.53 bits per heavy atom. The Kier molecular flexibility index (Phi) is 4.05. The van der Waals surface area contributed by atoms with Gasteiger partial charge in [-0.1, -0.05) is 23.9 Å². The number of halogens is 3. The molecule has 0 bridgehead atoms. The molecule has 1 aliphatic heterocycles. The van der Waals surface area contributed by atoms with Crippen molar-refractivity contribution in [3.05, 3.63) is 35.4 Å². The summed E-state index contributed by atoms with van der Waals surface area (Å²) in [4.78, 5) is 11.4. The second kappa shape index (κ2) is 5.42. The third kappa shape index (κ3) is 3.22. The van der Waals surface area contributed by atoms with Crippen LogP contribution < -0.4 is 5.32 Å². The molecule has 2 atom stereocenters. The number of carbonyl (C=O) groups excluding carboxylic acids is 1. The second-order valence-corrected chi connectivity index (χ2v) is 5.37. The zero-order chi connectivity index (χ0) is 14.0.